The largest absolute Gasteiger partial charge is 0.493 e. The molecule has 0 aromatic heterocycles. The van der Waals surface area contributed by atoms with E-state index in [0.717, 1.165) is 67.5 Å². The van der Waals surface area contributed by atoms with Gasteiger partial charge in [-0.25, -0.2) is 0 Å². The second-order valence-electron chi connectivity index (χ2n) is 13.3. The van der Waals surface area contributed by atoms with Gasteiger partial charge in [0.05, 0.1) is 28.4 Å². The number of likely N-dealkylation sites (N-methyl/N-ethyl adjacent to an activating group) is 2. The first-order valence-corrected chi connectivity index (χ1v) is 18.2. The van der Waals surface area contributed by atoms with Crippen LogP contribution in [0.3, 0.4) is 0 Å². The number of hydrogen-bond acceptors (Lipinski definition) is 10. The van der Waals surface area contributed by atoms with Crippen LogP contribution in [-0.2, 0) is 40.0 Å². The van der Waals surface area contributed by atoms with Crippen LogP contribution in [-0.4, -0.2) is 73.8 Å². The summed E-state index contributed by atoms with van der Waals surface area (Å²) in [5.74, 6) is 3.64. The summed E-state index contributed by atoms with van der Waals surface area (Å²) in [7, 11) is 5.98. The van der Waals surface area contributed by atoms with E-state index < -0.39 is 10.1 Å². The lowest BCUT2D eigenvalue weighted by molar-refractivity contribution is 0.220. The van der Waals surface area contributed by atoms with E-state index in [1.165, 1.54) is 24.3 Å². The number of hydrogen-bond donors (Lipinski definition) is 0. The number of rotatable bonds is 5. The third kappa shape index (κ3) is 6.06. The van der Waals surface area contributed by atoms with Gasteiger partial charge >= 0.3 is 0 Å². The van der Waals surface area contributed by atoms with Crippen LogP contribution in [0, 0.1) is 6.92 Å². The summed E-state index contributed by atoms with van der Waals surface area (Å²) < 4.78 is 63.0. The molecular weight excluding hydrogens is 657 g/mol. The van der Waals surface area contributed by atoms with Crippen molar-refractivity contribution in [3.8, 4) is 40.2 Å². The summed E-state index contributed by atoms with van der Waals surface area (Å²) in [6, 6.07) is 17.6. The number of fused-ring (bicyclic) bond motifs is 2. The Balaban J connectivity index is 1.51. The third-order valence-corrected chi connectivity index (χ3v) is 11.8. The van der Waals surface area contributed by atoms with Gasteiger partial charge < -0.3 is 23.7 Å². The van der Waals surface area contributed by atoms with E-state index in [9.17, 15) is 8.42 Å². The summed E-state index contributed by atoms with van der Waals surface area (Å²) in [5, 5.41) is 0. The minimum Gasteiger partial charge on any atom is -0.493 e. The van der Waals surface area contributed by atoms with Crippen LogP contribution in [0.25, 0.3) is 0 Å². The van der Waals surface area contributed by atoms with E-state index in [2.05, 4.69) is 48.0 Å². The molecule has 11 heteroatoms. The predicted octanol–water partition coefficient (Wildman–Crippen LogP) is 6.80. The van der Waals surface area contributed by atoms with Gasteiger partial charge in [0.2, 0.25) is 5.75 Å². The van der Waals surface area contributed by atoms with E-state index in [0.29, 0.717) is 40.7 Å². The number of ether oxygens (including phenoxy) is 5. The zero-order valence-electron chi connectivity index (χ0n) is 29.7. The van der Waals surface area contributed by atoms with Gasteiger partial charge in [-0.2, -0.15) is 8.42 Å². The van der Waals surface area contributed by atoms with Gasteiger partial charge in [0, 0.05) is 36.8 Å². The Morgan fingerprint density at radius 2 is 1.42 bits per heavy atom. The molecule has 50 heavy (non-hydrogen) atoms. The first kappa shape index (κ1) is 34.2. The quantitative estimate of drug-likeness (QED) is 0.207. The Kier molecular flexibility index (Phi) is 9.19. The highest BCUT2D eigenvalue weighted by atomic mass is 32.2. The fourth-order valence-corrected chi connectivity index (χ4v) is 8.55. The van der Waals surface area contributed by atoms with Crippen LogP contribution in [0.1, 0.15) is 51.0 Å². The fraction of sp³-hybridized carbons (Fsp3) is 0.385. The zero-order chi connectivity index (χ0) is 35.3. The molecule has 4 aliphatic heterocycles. The second-order valence-corrected chi connectivity index (χ2v) is 15.0. The summed E-state index contributed by atoms with van der Waals surface area (Å²) in [4.78, 5) is 4.64. The molecular formula is C39H44N2O8S. The summed E-state index contributed by atoms with van der Waals surface area (Å²) in [6.45, 7) is 3.77. The van der Waals surface area contributed by atoms with Crippen LogP contribution >= 0.6 is 0 Å². The highest BCUT2D eigenvalue weighted by Gasteiger charge is 2.36. The molecule has 0 unspecified atom stereocenters. The Bertz CT molecular complexity index is 2050. The highest BCUT2D eigenvalue weighted by Crippen LogP contribution is 2.51. The molecule has 4 aliphatic rings. The van der Waals surface area contributed by atoms with Gasteiger partial charge in [-0.1, -0.05) is 18.2 Å². The molecule has 0 N–H and O–H groups in total. The topological polar surface area (TPSA) is 96.0 Å². The molecule has 0 radical (unpaired) electrons. The first-order valence-electron chi connectivity index (χ1n) is 16.8. The average Bonchev–Trinajstić information content (AvgIpc) is 3.11. The molecule has 0 amide bonds. The van der Waals surface area contributed by atoms with Crippen LogP contribution in [0.5, 0.6) is 40.2 Å². The minimum absolute atomic E-state index is 0.0121. The molecule has 0 fully saturated rings. The van der Waals surface area contributed by atoms with Crippen molar-refractivity contribution in [1.29, 1.82) is 0 Å². The van der Waals surface area contributed by atoms with Gasteiger partial charge in [0.25, 0.3) is 10.1 Å². The number of benzene rings is 4. The van der Waals surface area contributed by atoms with Crippen LogP contribution < -0.4 is 23.7 Å². The summed E-state index contributed by atoms with van der Waals surface area (Å²) in [6.07, 6.45) is 2.79. The van der Waals surface area contributed by atoms with E-state index in [4.69, 9.17) is 27.9 Å². The maximum atomic E-state index is 13.4. The molecule has 4 aromatic carbocycles. The lowest BCUT2D eigenvalue weighted by Crippen LogP contribution is -2.34. The molecule has 0 aliphatic carbocycles. The van der Waals surface area contributed by atoms with Crippen LogP contribution in [0.2, 0.25) is 0 Å². The Labute approximate surface area is 294 Å². The summed E-state index contributed by atoms with van der Waals surface area (Å²) in [5.41, 5.74) is 7.22. The Morgan fingerprint density at radius 3 is 2.10 bits per heavy atom. The number of nitrogens with zero attached hydrogens (tertiary/aromatic N) is 2. The molecule has 0 saturated heterocycles. The van der Waals surface area contributed by atoms with Crippen molar-refractivity contribution < 1.29 is 36.3 Å². The van der Waals surface area contributed by atoms with Crippen molar-refractivity contribution in [2.24, 2.45) is 0 Å². The van der Waals surface area contributed by atoms with Crippen molar-refractivity contribution in [3.05, 3.63) is 93.5 Å². The molecule has 0 spiro atoms. The van der Waals surface area contributed by atoms with E-state index in [-0.39, 0.29) is 22.7 Å². The zero-order valence-corrected chi connectivity index (χ0v) is 30.5. The Hall–Kier alpha value is -4.29. The number of methoxy groups -OCH3 is 3. The first-order chi connectivity index (χ1) is 24.0. The highest BCUT2D eigenvalue weighted by molar-refractivity contribution is 7.86. The van der Waals surface area contributed by atoms with Gasteiger partial charge in [0.15, 0.2) is 23.0 Å². The van der Waals surface area contributed by atoms with E-state index in [1.54, 1.807) is 20.3 Å². The predicted molar refractivity (Wildman–Crippen MR) is 190 cm³/mol. The maximum Gasteiger partial charge on any atom is 0.297 e. The molecule has 8 rings (SSSR count). The van der Waals surface area contributed by atoms with Crippen LogP contribution in [0.4, 0.5) is 0 Å². The smallest absolute Gasteiger partial charge is 0.297 e. The van der Waals surface area contributed by atoms with Gasteiger partial charge in [-0.15, -0.1) is 0 Å². The van der Waals surface area contributed by atoms with Gasteiger partial charge in [-0.05, 0) is 110 Å². The SMILES string of the molecule is COc1cc(S(=O)(=O)OC)c2cc1Oc1ccc(cc1)C[C@H]1c3cc(c(C)cc3CCN1C)Oc1c(OC)c(OC)cc3c1[C@H](C2)N(C)CC3. The number of aryl methyl sites for hydroxylation is 1. The summed E-state index contributed by atoms with van der Waals surface area (Å²) >= 11 is 0. The van der Waals surface area contributed by atoms with Gasteiger partial charge in [0.1, 0.15) is 16.4 Å². The standard InChI is InChI=1S/C39H44N2O8S/c1-23-16-25-12-14-40(2)30-17-24-8-10-28(11-9-24)48-34-20-27(36(22-33(34)44-4)50(42,43)47-7)18-31-37-26(13-15-41(31)3)19-35(45-5)38(46-6)39(37)49-32(23)21-29(25)30/h8-11,16,19-22,30-31H,12-15,17-18H2,1-7H3/t30-,31-/m0/s1. The van der Waals surface area contributed by atoms with Crippen molar-refractivity contribution in [2.75, 3.05) is 55.6 Å². The lowest BCUT2D eigenvalue weighted by atomic mass is 9.87. The van der Waals surface area contributed by atoms with E-state index in [1.807, 2.05) is 25.2 Å². The Morgan fingerprint density at radius 1 is 0.720 bits per heavy atom. The average molecular weight is 701 g/mol. The van der Waals surface area contributed by atoms with Gasteiger partial charge in [-0.3, -0.25) is 14.0 Å². The van der Waals surface area contributed by atoms with E-state index >= 15 is 0 Å². The molecule has 10 nitrogen and oxygen atoms in total. The molecule has 264 valence electrons. The van der Waals surface area contributed by atoms with Crippen molar-refractivity contribution in [1.82, 2.24) is 9.80 Å². The fourth-order valence-electron chi connectivity index (χ4n) is 7.65. The maximum absolute atomic E-state index is 13.4. The minimum atomic E-state index is -4.13. The third-order valence-electron chi connectivity index (χ3n) is 10.5. The molecule has 0 saturated carbocycles. The monoisotopic (exact) mass is 700 g/mol. The van der Waals surface area contributed by atoms with Crippen LogP contribution in [0.15, 0.2) is 59.5 Å². The lowest BCUT2D eigenvalue weighted by Gasteiger charge is -2.37. The molecule has 2 atom stereocenters. The normalized spacial score (nSPS) is 19.0. The molecule has 4 heterocycles. The van der Waals surface area contributed by atoms with Crippen molar-refractivity contribution in [3.63, 3.8) is 0 Å². The molecule has 4 aromatic rings. The van der Waals surface area contributed by atoms with Crippen molar-refractivity contribution >= 4 is 10.1 Å². The molecule has 6 bridgehead atoms. The second kappa shape index (κ2) is 13.4. The van der Waals surface area contributed by atoms with Crippen molar-refractivity contribution in [2.45, 2.75) is 49.6 Å².